The van der Waals surface area contributed by atoms with Crippen LogP contribution in [0.4, 0.5) is 9.93 Å². The first-order valence-electron chi connectivity index (χ1n) is 18.4. The smallest absolute Gasteiger partial charge is 0.408 e. The lowest BCUT2D eigenvalue weighted by molar-refractivity contribution is -0.148. The Morgan fingerprint density at radius 1 is 1.12 bits per heavy atom. The van der Waals surface area contributed by atoms with Crippen molar-refractivity contribution < 1.29 is 38.1 Å². The summed E-state index contributed by atoms with van der Waals surface area (Å²) in [6, 6.07) is 6.89. The first-order valence-corrected chi connectivity index (χ1v) is 19.3. The number of rotatable bonds is 13. The third kappa shape index (κ3) is 9.50. The molecule has 1 saturated heterocycles. The molecule has 15 nitrogen and oxygen atoms in total. The second-order valence-electron chi connectivity index (χ2n) is 16.4. The third-order valence-corrected chi connectivity index (χ3v) is 10.1. The van der Waals surface area contributed by atoms with Crippen molar-refractivity contribution in [3.05, 3.63) is 42.3 Å². The molecule has 0 bridgehead atoms. The van der Waals surface area contributed by atoms with E-state index in [1.54, 1.807) is 71.9 Å². The number of alkyl carbamates (subject to hydrolysis) is 1. The topological polar surface area (TPSA) is 194 Å². The second-order valence-corrected chi connectivity index (χ2v) is 17.3. The minimum absolute atomic E-state index is 0.0305. The fraction of sp³-hybridized carbons (Fsp3) is 0.525. The van der Waals surface area contributed by atoms with Crippen LogP contribution in [0.25, 0.3) is 22.3 Å². The summed E-state index contributed by atoms with van der Waals surface area (Å²) in [5.74, 6) is -1.20. The molecule has 2 fully saturated rings. The highest BCUT2D eigenvalue weighted by atomic mass is 32.1. The number of nitrogens with one attached hydrogen (secondary N) is 3. The Bertz CT molecular complexity index is 2030. The first kappa shape index (κ1) is 41.7. The number of amides is 3. The van der Waals surface area contributed by atoms with Crippen molar-refractivity contribution in [2.45, 2.75) is 104 Å². The van der Waals surface area contributed by atoms with Gasteiger partial charge >= 0.3 is 12.1 Å². The molecule has 0 spiro atoms. The van der Waals surface area contributed by atoms with E-state index in [0.29, 0.717) is 40.2 Å². The van der Waals surface area contributed by atoms with E-state index in [4.69, 9.17) is 34.2 Å². The number of anilines is 1. The van der Waals surface area contributed by atoms with Gasteiger partial charge in [0.2, 0.25) is 11.8 Å². The summed E-state index contributed by atoms with van der Waals surface area (Å²) in [6.45, 7) is 18.2. The standard InChI is InChI=1S/C40H51N7O8S/c1-11-23-19-40(23,35(50)52-10)46-33(48)30-17-25(20-47(30)34(49)32(38(4,5)6)45-37(51)55-39(7,8)9)54-31-18-28(29-21-56-36(44-29)42-22(2)3)43-27-16-24(53-15-14-41)12-13-26(27)31/h11-13,16,18,21-23,25,30,32H,1,15,17,19-20H2,2-10H3,(H,42,44)(H,45,51)(H,46,48)/t23-,25-,30+,32-,40-/m1/s1. The van der Waals surface area contributed by atoms with Crippen LogP contribution >= 0.6 is 11.3 Å². The molecule has 1 aromatic carbocycles. The van der Waals surface area contributed by atoms with E-state index in [2.05, 4.69) is 22.5 Å². The van der Waals surface area contributed by atoms with Crippen molar-refractivity contribution in [1.82, 2.24) is 25.5 Å². The van der Waals surface area contributed by atoms with Gasteiger partial charge in [-0.2, -0.15) is 5.26 Å². The van der Waals surface area contributed by atoms with Gasteiger partial charge in [-0.1, -0.05) is 26.8 Å². The number of fused-ring (bicyclic) bond motifs is 1. The zero-order chi connectivity index (χ0) is 41.2. The molecule has 0 unspecified atom stereocenters. The molecule has 5 atom stereocenters. The van der Waals surface area contributed by atoms with Gasteiger partial charge in [-0.15, -0.1) is 17.9 Å². The highest BCUT2D eigenvalue weighted by Gasteiger charge is 2.62. The fourth-order valence-corrected chi connectivity index (χ4v) is 7.45. The average Bonchev–Trinajstić information content (AvgIpc) is 3.39. The minimum atomic E-state index is -1.31. The van der Waals surface area contributed by atoms with Crippen LogP contribution < -0.4 is 25.4 Å². The SMILES string of the molecule is C=C[C@@H]1C[C@]1(NC(=O)[C@@H]1C[C@@H](Oc2cc(-c3csc(NC(C)C)n3)nc3cc(OCC#N)ccc23)CN1C(=O)[C@@H](NC(=O)OC(C)(C)C)C(C)(C)C)C(=O)OC. The van der Waals surface area contributed by atoms with Crippen LogP contribution in [0.15, 0.2) is 42.3 Å². The molecule has 3 aromatic rings. The Kier molecular flexibility index (Phi) is 12.2. The van der Waals surface area contributed by atoms with E-state index < -0.39 is 58.6 Å². The highest BCUT2D eigenvalue weighted by molar-refractivity contribution is 7.14. The van der Waals surface area contributed by atoms with Crippen LogP contribution in [-0.4, -0.2) is 94.4 Å². The molecular formula is C40H51N7O8S. The number of thiazole rings is 1. The lowest BCUT2D eigenvalue weighted by atomic mass is 9.85. The summed E-state index contributed by atoms with van der Waals surface area (Å²) < 4.78 is 22.8. The number of benzene rings is 1. The number of nitriles is 1. The molecule has 5 rings (SSSR count). The van der Waals surface area contributed by atoms with Gasteiger partial charge in [-0.05, 0) is 58.6 Å². The fourth-order valence-electron chi connectivity index (χ4n) is 6.60. The van der Waals surface area contributed by atoms with E-state index in [-0.39, 0.29) is 31.5 Å². The molecule has 3 heterocycles. The summed E-state index contributed by atoms with van der Waals surface area (Å²) in [4.78, 5) is 65.8. The second kappa shape index (κ2) is 16.4. The summed E-state index contributed by atoms with van der Waals surface area (Å²) >= 11 is 1.43. The van der Waals surface area contributed by atoms with E-state index in [1.807, 2.05) is 25.3 Å². The molecular weight excluding hydrogens is 739 g/mol. The van der Waals surface area contributed by atoms with Crippen LogP contribution in [0.2, 0.25) is 0 Å². The van der Waals surface area contributed by atoms with Gasteiger partial charge in [0.05, 0.1) is 24.9 Å². The van der Waals surface area contributed by atoms with Crippen LogP contribution in [-0.2, 0) is 23.9 Å². The third-order valence-electron chi connectivity index (χ3n) is 9.34. The van der Waals surface area contributed by atoms with Gasteiger partial charge in [-0.3, -0.25) is 9.59 Å². The maximum atomic E-state index is 14.6. The van der Waals surface area contributed by atoms with E-state index in [1.165, 1.54) is 23.3 Å². The molecule has 1 aliphatic heterocycles. The first-order chi connectivity index (χ1) is 26.3. The Morgan fingerprint density at radius 3 is 2.46 bits per heavy atom. The number of carbonyl (C=O) groups excluding carboxylic acids is 4. The lowest BCUT2D eigenvalue weighted by Gasteiger charge is -2.36. The van der Waals surface area contributed by atoms with Crippen LogP contribution in [0.5, 0.6) is 11.5 Å². The monoisotopic (exact) mass is 789 g/mol. The van der Waals surface area contributed by atoms with Crippen LogP contribution in [0, 0.1) is 22.7 Å². The van der Waals surface area contributed by atoms with E-state index >= 15 is 0 Å². The zero-order valence-electron chi connectivity index (χ0n) is 33.3. The molecule has 3 N–H and O–H groups in total. The lowest BCUT2D eigenvalue weighted by Crippen LogP contribution is -2.59. The number of ether oxygens (including phenoxy) is 4. The van der Waals surface area contributed by atoms with Gasteiger partial charge in [0.1, 0.15) is 52.6 Å². The number of likely N-dealkylation sites (tertiary alicyclic amines) is 1. The van der Waals surface area contributed by atoms with Crippen molar-refractivity contribution in [3.8, 4) is 29.0 Å². The Balaban J connectivity index is 1.53. The number of nitrogens with zero attached hydrogens (tertiary/aromatic N) is 4. The maximum Gasteiger partial charge on any atom is 0.408 e. The Morgan fingerprint density at radius 2 is 1.86 bits per heavy atom. The van der Waals surface area contributed by atoms with Gasteiger partial charge < -0.3 is 39.8 Å². The number of pyridine rings is 1. The van der Waals surface area contributed by atoms with Crippen molar-refractivity contribution in [3.63, 3.8) is 0 Å². The van der Waals surface area contributed by atoms with Crippen molar-refractivity contribution >= 4 is 51.2 Å². The maximum absolute atomic E-state index is 14.6. The predicted molar refractivity (Wildman–Crippen MR) is 211 cm³/mol. The summed E-state index contributed by atoms with van der Waals surface area (Å²) in [5, 5.41) is 21.2. The van der Waals surface area contributed by atoms with E-state index in [9.17, 15) is 19.2 Å². The van der Waals surface area contributed by atoms with Gasteiger partial charge in [0.15, 0.2) is 11.7 Å². The van der Waals surface area contributed by atoms with Crippen molar-refractivity contribution in [1.29, 1.82) is 5.26 Å². The van der Waals surface area contributed by atoms with Gasteiger partial charge in [-0.25, -0.2) is 19.6 Å². The van der Waals surface area contributed by atoms with Crippen LogP contribution in [0.1, 0.15) is 68.2 Å². The van der Waals surface area contributed by atoms with Crippen molar-refractivity contribution in [2.75, 3.05) is 25.6 Å². The Hall–Kier alpha value is -5.43. The molecule has 2 aromatic heterocycles. The molecule has 1 aliphatic carbocycles. The van der Waals surface area contributed by atoms with Gasteiger partial charge in [0, 0.05) is 41.3 Å². The number of esters is 1. The summed E-state index contributed by atoms with van der Waals surface area (Å²) in [5.41, 5.74) is -1.31. The van der Waals surface area contributed by atoms with E-state index in [0.717, 1.165) is 5.13 Å². The normalized spacial score (nSPS) is 21.1. The highest BCUT2D eigenvalue weighted by Crippen LogP contribution is 2.46. The average molecular weight is 790 g/mol. The predicted octanol–water partition coefficient (Wildman–Crippen LogP) is 5.60. The number of carbonyl (C=O) groups is 4. The zero-order valence-corrected chi connectivity index (χ0v) is 34.2. The molecule has 300 valence electrons. The molecule has 3 amide bonds. The largest absolute Gasteiger partial charge is 0.488 e. The number of hydrogen-bond acceptors (Lipinski definition) is 13. The number of aromatic nitrogens is 2. The summed E-state index contributed by atoms with van der Waals surface area (Å²) in [7, 11) is 1.25. The minimum Gasteiger partial charge on any atom is -0.488 e. The Labute approximate surface area is 331 Å². The number of methoxy groups -OCH3 is 1. The molecule has 1 saturated carbocycles. The van der Waals surface area contributed by atoms with Crippen molar-refractivity contribution in [2.24, 2.45) is 11.3 Å². The molecule has 16 heteroatoms. The molecule has 2 aliphatic rings. The number of hydrogen-bond donors (Lipinski definition) is 3. The molecule has 0 radical (unpaired) electrons. The van der Waals surface area contributed by atoms with Gasteiger partial charge in [0.25, 0.3) is 0 Å². The molecule has 56 heavy (non-hydrogen) atoms. The van der Waals surface area contributed by atoms with Crippen LogP contribution in [0.3, 0.4) is 0 Å². The summed E-state index contributed by atoms with van der Waals surface area (Å²) in [6.07, 6.45) is 0.448. The quantitative estimate of drug-likeness (QED) is 0.144.